The van der Waals surface area contributed by atoms with E-state index < -0.39 is 15.7 Å². The van der Waals surface area contributed by atoms with E-state index in [-0.39, 0.29) is 10.6 Å². The van der Waals surface area contributed by atoms with Gasteiger partial charge in [-0.25, -0.2) is 8.42 Å². The maximum atomic E-state index is 12.2. The van der Waals surface area contributed by atoms with Crippen LogP contribution in [-0.4, -0.2) is 27.2 Å². The van der Waals surface area contributed by atoms with E-state index in [4.69, 9.17) is 16.3 Å². The normalized spacial score (nSPS) is 13.7. The van der Waals surface area contributed by atoms with Gasteiger partial charge in [0, 0.05) is 22.9 Å². The zero-order chi connectivity index (χ0) is 18.7. The second-order valence-corrected chi connectivity index (χ2v) is 8.20. The Morgan fingerprint density at radius 2 is 2.00 bits per heavy atom. The van der Waals surface area contributed by atoms with Crippen molar-refractivity contribution in [2.75, 3.05) is 18.2 Å². The maximum Gasteiger partial charge on any atom is 0.248 e. The molecule has 7 heteroatoms. The Labute approximate surface area is 156 Å². The summed E-state index contributed by atoms with van der Waals surface area (Å²) < 4.78 is 29.2. The summed E-state index contributed by atoms with van der Waals surface area (Å²) >= 11 is 5.98. The average molecular weight is 390 g/mol. The lowest BCUT2D eigenvalue weighted by molar-refractivity contribution is -0.111. The van der Waals surface area contributed by atoms with Gasteiger partial charge in [0.05, 0.1) is 10.6 Å². The van der Waals surface area contributed by atoms with Crippen LogP contribution < -0.4 is 10.1 Å². The molecule has 0 saturated heterocycles. The standard InChI is InChI=1S/C19H16ClNO4S/c1-26(23,24)18-5-3-2-4-16(18)21-19(22)9-6-13-10-14-11-15(20)7-8-17(14)25-12-13/h2-11H,12H2,1H3,(H,21,22)/b9-6+. The van der Waals surface area contributed by atoms with Crippen molar-refractivity contribution in [3.05, 3.63) is 70.8 Å². The lowest BCUT2D eigenvalue weighted by Gasteiger charge is -2.16. The second kappa shape index (κ2) is 7.35. The number of para-hydroxylation sites is 1. The van der Waals surface area contributed by atoms with E-state index in [0.717, 1.165) is 23.1 Å². The number of halogens is 1. The van der Waals surface area contributed by atoms with Crippen LogP contribution in [0.4, 0.5) is 5.69 Å². The van der Waals surface area contributed by atoms with Crippen LogP contribution >= 0.6 is 11.6 Å². The van der Waals surface area contributed by atoms with Crippen molar-refractivity contribution < 1.29 is 17.9 Å². The molecule has 0 bridgehead atoms. The number of benzene rings is 2. The van der Waals surface area contributed by atoms with E-state index in [1.54, 1.807) is 42.5 Å². The van der Waals surface area contributed by atoms with Gasteiger partial charge in [0.25, 0.3) is 0 Å². The fraction of sp³-hybridized carbons (Fsp3) is 0.105. The summed E-state index contributed by atoms with van der Waals surface area (Å²) in [6.07, 6.45) is 5.95. The van der Waals surface area contributed by atoms with Crippen molar-refractivity contribution in [3.63, 3.8) is 0 Å². The van der Waals surface area contributed by atoms with Crippen LogP contribution in [0.1, 0.15) is 5.56 Å². The highest BCUT2D eigenvalue weighted by atomic mass is 35.5. The topological polar surface area (TPSA) is 72.5 Å². The van der Waals surface area contributed by atoms with E-state index in [0.29, 0.717) is 11.6 Å². The smallest absolute Gasteiger partial charge is 0.248 e. The van der Waals surface area contributed by atoms with Gasteiger partial charge in [-0.15, -0.1) is 0 Å². The molecule has 0 unspecified atom stereocenters. The average Bonchev–Trinajstić information content (AvgIpc) is 2.59. The molecule has 0 saturated carbocycles. The minimum Gasteiger partial charge on any atom is -0.488 e. The Morgan fingerprint density at radius 1 is 1.23 bits per heavy atom. The number of carbonyl (C=O) groups is 1. The van der Waals surface area contributed by atoms with Crippen molar-refractivity contribution in [3.8, 4) is 5.75 Å². The molecule has 134 valence electrons. The van der Waals surface area contributed by atoms with Gasteiger partial charge < -0.3 is 10.1 Å². The Bertz CT molecular complexity index is 1030. The third-order valence-corrected chi connectivity index (χ3v) is 5.09. The summed E-state index contributed by atoms with van der Waals surface area (Å²) in [5.41, 5.74) is 1.88. The van der Waals surface area contributed by atoms with Crippen molar-refractivity contribution in [1.29, 1.82) is 0 Å². The molecule has 1 aliphatic rings. The minimum atomic E-state index is -3.43. The summed E-state index contributed by atoms with van der Waals surface area (Å²) in [5, 5.41) is 3.19. The van der Waals surface area contributed by atoms with Gasteiger partial charge in [0.1, 0.15) is 12.4 Å². The molecule has 0 aliphatic carbocycles. The third-order valence-electron chi connectivity index (χ3n) is 3.70. The molecule has 5 nitrogen and oxygen atoms in total. The van der Waals surface area contributed by atoms with Gasteiger partial charge in [-0.1, -0.05) is 29.8 Å². The summed E-state index contributed by atoms with van der Waals surface area (Å²) in [6, 6.07) is 11.6. The number of anilines is 1. The summed E-state index contributed by atoms with van der Waals surface area (Å²) in [5.74, 6) is 0.303. The van der Waals surface area contributed by atoms with Crippen LogP contribution in [0.25, 0.3) is 6.08 Å². The molecule has 0 aromatic heterocycles. The predicted octanol–water partition coefficient (Wildman–Crippen LogP) is 3.71. The monoisotopic (exact) mass is 389 g/mol. The maximum absolute atomic E-state index is 12.2. The predicted molar refractivity (Wildman–Crippen MR) is 102 cm³/mol. The number of ether oxygens (including phenoxy) is 1. The molecule has 0 radical (unpaired) electrons. The van der Waals surface area contributed by atoms with Gasteiger partial charge in [-0.05, 0) is 42.0 Å². The molecule has 1 amide bonds. The molecule has 2 aromatic rings. The van der Waals surface area contributed by atoms with Crippen LogP contribution in [0.2, 0.25) is 5.02 Å². The Morgan fingerprint density at radius 3 is 2.77 bits per heavy atom. The summed E-state index contributed by atoms with van der Waals surface area (Å²) in [6.45, 7) is 0.332. The molecule has 1 heterocycles. The first-order valence-electron chi connectivity index (χ1n) is 7.74. The van der Waals surface area contributed by atoms with Gasteiger partial charge in [-0.2, -0.15) is 0 Å². The first kappa shape index (κ1) is 18.2. The molecule has 0 spiro atoms. The Balaban J connectivity index is 1.76. The van der Waals surface area contributed by atoms with Crippen LogP contribution in [0.5, 0.6) is 5.75 Å². The molecule has 26 heavy (non-hydrogen) atoms. The van der Waals surface area contributed by atoms with Gasteiger partial charge in [-0.3, -0.25) is 4.79 Å². The fourth-order valence-electron chi connectivity index (χ4n) is 2.51. The second-order valence-electron chi connectivity index (χ2n) is 5.78. The fourth-order valence-corrected chi connectivity index (χ4v) is 3.54. The molecular formula is C19H16ClNO4S. The number of rotatable bonds is 4. The molecule has 0 atom stereocenters. The zero-order valence-electron chi connectivity index (χ0n) is 13.9. The third kappa shape index (κ3) is 4.33. The highest BCUT2D eigenvalue weighted by Crippen LogP contribution is 2.29. The number of nitrogens with one attached hydrogen (secondary N) is 1. The molecule has 1 N–H and O–H groups in total. The summed E-state index contributed by atoms with van der Waals surface area (Å²) in [4.78, 5) is 12.2. The quantitative estimate of drug-likeness (QED) is 0.809. The van der Waals surface area contributed by atoms with E-state index in [9.17, 15) is 13.2 Å². The van der Waals surface area contributed by atoms with Crippen molar-refractivity contribution >= 4 is 39.1 Å². The number of hydrogen-bond acceptors (Lipinski definition) is 4. The molecule has 2 aromatic carbocycles. The van der Waals surface area contributed by atoms with Gasteiger partial charge in [0.2, 0.25) is 5.91 Å². The lowest BCUT2D eigenvalue weighted by atomic mass is 10.1. The number of fused-ring (bicyclic) bond motifs is 1. The van der Waals surface area contributed by atoms with Crippen LogP contribution in [0.3, 0.4) is 0 Å². The van der Waals surface area contributed by atoms with Crippen LogP contribution in [0, 0.1) is 0 Å². The van der Waals surface area contributed by atoms with Gasteiger partial charge >= 0.3 is 0 Å². The van der Waals surface area contributed by atoms with E-state index >= 15 is 0 Å². The molecule has 3 rings (SSSR count). The Kier molecular flexibility index (Phi) is 5.15. The van der Waals surface area contributed by atoms with E-state index in [1.807, 2.05) is 6.08 Å². The van der Waals surface area contributed by atoms with Crippen molar-refractivity contribution in [2.45, 2.75) is 4.90 Å². The minimum absolute atomic E-state index is 0.0746. The zero-order valence-corrected chi connectivity index (χ0v) is 15.5. The number of amides is 1. The SMILES string of the molecule is CS(=O)(=O)c1ccccc1NC(=O)/C=C/C1=Cc2cc(Cl)ccc2OC1. The van der Waals surface area contributed by atoms with Gasteiger partial charge in [0.15, 0.2) is 9.84 Å². The lowest BCUT2D eigenvalue weighted by Crippen LogP contribution is -2.12. The molecule has 0 fully saturated rings. The molecule has 1 aliphatic heterocycles. The van der Waals surface area contributed by atoms with E-state index in [2.05, 4.69) is 5.32 Å². The van der Waals surface area contributed by atoms with Crippen LogP contribution in [-0.2, 0) is 14.6 Å². The first-order valence-corrected chi connectivity index (χ1v) is 10.0. The van der Waals surface area contributed by atoms with Crippen molar-refractivity contribution in [2.24, 2.45) is 0 Å². The van der Waals surface area contributed by atoms with Crippen LogP contribution in [0.15, 0.2) is 65.1 Å². The highest BCUT2D eigenvalue weighted by molar-refractivity contribution is 7.90. The molecular weight excluding hydrogens is 374 g/mol. The number of sulfone groups is 1. The number of carbonyl (C=O) groups excluding carboxylic acids is 1. The highest BCUT2D eigenvalue weighted by Gasteiger charge is 2.14. The van der Waals surface area contributed by atoms with Crippen molar-refractivity contribution in [1.82, 2.24) is 0 Å². The summed E-state index contributed by atoms with van der Waals surface area (Å²) in [7, 11) is -3.43. The Hall–Kier alpha value is -2.57. The first-order chi connectivity index (χ1) is 12.3. The largest absolute Gasteiger partial charge is 0.488 e. The number of hydrogen-bond donors (Lipinski definition) is 1. The van der Waals surface area contributed by atoms with E-state index in [1.165, 1.54) is 12.1 Å².